The number of nitrogens with zero attached hydrogens (tertiary/aromatic N) is 1. The Morgan fingerprint density at radius 1 is 1.23 bits per heavy atom. The third kappa shape index (κ3) is 6.38. The van der Waals surface area contributed by atoms with Crippen molar-refractivity contribution in [1.29, 1.82) is 0 Å². The molecule has 0 bridgehead atoms. The molecule has 1 fully saturated rings. The number of aliphatic imine (C=N–C) groups is 1. The standard InChI is InChI=1S/C22H30FN3O2S.HI/c1-3-24-20(25-15-21(2,27)18-8-13-29-14-18)26-16-22(9-11-28-12-10-22)17-4-6-19(23)7-5-17;/h4-8,13-14,27H,3,9-12,15-16H2,1-2H3,(H2,24,25,26);1H. The fourth-order valence-electron chi connectivity index (χ4n) is 3.62. The van der Waals surface area contributed by atoms with Crippen LogP contribution in [0.5, 0.6) is 0 Å². The first-order valence-corrected chi connectivity index (χ1v) is 11.0. The first-order valence-electron chi connectivity index (χ1n) is 10.1. The van der Waals surface area contributed by atoms with Crippen molar-refractivity contribution in [3.63, 3.8) is 0 Å². The van der Waals surface area contributed by atoms with Crippen LogP contribution < -0.4 is 10.6 Å². The van der Waals surface area contributed by atoms with Gasteiger partial charge in [-0.3, -0.25) is 0 Å². The predicted octanol–water partition coefficient (Wildman–Crippen LogP) is 4.02. The van der Waals surface area contributed by atoms with E-state index in [4.69, 9.17) is 4.74 Å². The van der Waals surface area contributed by atoms with Crippen molar-refractivity contribution in [3.8, 4) is 0 Å². The molecular weight excluding hydrogens is 516 g/mol. The molecule has 5 nitrogen and oxygen atoms in total. The first-order chi connectivity index (χ1) is 14.0. The lowest BCUT2D eigenvalue weighted by Gasteiger charge is -2.38. The fraction of sp³-hybridized carbons (Fsp3) is 0.500. The number of hydrogen-bond donors (Lipinski definition) is 3. The highest BCUT2D eigenvalue weighted by Crippen LogP contribution is 2.34. The number of ether oxygens (including phenoxy) is 1. The van der Waals surface area contributed by atoms with Crippen LogP contribution in [0.2, 0.25) is 0 Å². The highest BCUT2D eigenvalue weighted by molar-refractivity contribution is 14.0. The molecule has 1 aromatic carbocycles. The van der Waals surface area contributed by atoms with Crippen LogP contribution in [0.25, 0.3) is 0 Å². The van der Waals surface area contributed by atoms with Crippen molar-refractivity contribution >= 4 is 41.3 Å². The Bertz CT molecular complexity index is 791. The van der Waals surface area contributed by atoms with Gasteiger partial charge in [0.05, 0.1) is 6.54 Å². The number of thiophene rings is 1. The summed E-state index contributed by atoms with van der Waals surface area (Å²) in [5.41, 5.74) is 0.818. The average Bonchev–Trinajstić information content (AvgIpc) is 3.27. The van der Waals surface area contributed by atoms with Crippen LogP contribution in [0.4, 0.5) is 4.39 Å². The van der Waals surface area contributed by atoms with E-state index < -0.39 is 5.60 Å². The van der Waals surface area contributed by atoms with Gasteiger partial charge in [0.2, 0.25) is 0 Å². The maximum atomic E-state index is 13.4. The molecule has 30 heavy (non-hydrogen) atoms. The highest BCUT2D eigenvalue weighted by atomic mass is 127. The van der Waals surface area contributed by atoms with Crippen LogP contribution in [-0.4, -0.2) is 43.9 Å². The highest BCUT2D eigenvalue weighted by Gasteiger charge is 2.34. The van der Waals surface area contributed by atoms with Gasteiger partial charge in [0.15, 0.2) is 5.96 Å². The zero-order valence-electron chi connectivity index (χ0n) is 17.5. The minimum atomic E-state index is -1.02. The second kappa shape index (κ2) is 11.4. The number of aliphatic hydroxyl groups is 1. The van der Waals surface area contributed by atoms with E-state index >= 15 is 0 Å². The average molecular weight is 547 g/mol. The number of nitrogens with one attached hydrogen (secondary N) is 2. The van der Waals surface area contributed by atoms with Crippen LogP contribution in [0.3, 0.4) is 0 Å². The Balaban J connectivity index is 0.00000320. The second-order valence-corrected chi connectivity index (χ2v) is 8.51. The molecule has 0 spiro atoms. The normalized spacial score (nSPS) is 18.2. The summed E-state index contributed by atoms with van der Waals surface area (Å²) in [6.07, 6.45) is 1.72. The van der Waals surface area contributed by atoms with Gasteiger partial charge in [0.1, 0.15) is 11.4 Å². The summed E-state index contributed by atoms with van der Waals surface area (Å²) in [6, 6.07) is 8.70. The zero-order valence-corrected chi connectivity index (χ0v) is 20.6. The third-order valence-corrected chi connectivity index (χ3v) is 6.22. The Labute approximate surface area is 199 Å². The number of hydrogen-bond acceptors (Lipinski definition) is 4. The van der Waals surface area contributed by atoms with E-state index in [1.165, 1.54) is 12.1 Å². The first kappa shape index (κ1) is 25.0. The number of rotatable bonds is 7. The smallest absolute Gasteiger partial charge is 0.191 e. The molecule has 1 aliphatic rings. The molecule has 8 heteroatoms. The molecule has 1 atom stereocenters. The molecule has 3 rings (SSSR count). The van der Waals surface area contributed by atoms with Crippen LogP contribution in [0.1, 0.15) is 37.8 Å². The molecule has 1 unspecified atom stereocenters. The Morgan fingerprint density at radius 3 is 2.53 bits per heavy atom. The van der Waals surface area contributed by atoms with E-state index in [0.29, 0.717) is 25.7 Å². The summed E-state index contributed by atoms with van der Waals surface area (Å²) in [6.45, 7) is 6.79. The van der Waals surface area contributed by atoms with Crippen molar-refractivity contribution in [3.05, 3.63) is 58.0 Å². The fourth-order valence-corrected chi connectivity index (χ4v) is 4.41. The lowest BCUT2D eigenvalue weighted by Crippen LogP contribution is -2.48. The Kier molecular flexibility index (Phi) is 9.52. The lowest BCUT2D eigenvalue weighted by molar-refractivity contribution is 0.0513. The number of guanidine groups is 1. The molecule has 3 N–H and O–H groups in total. The quantitative estimate of drug-likeness (QED) is 0.279. The molecule has 166 valence electrons. The monoisotopic (exact) mass is 547 g/mol. The van der Waals surface area contributed by atoms with Gasteiger partial charge in [-0.1, -0.05) is 12.1 Å². The SMILES string of the molecule is CCNC(=NCC(C)(O)c1ccsc1)NCC1(c2ccc(F)cc2)CCOCC1.I. The summed E-state index contributed by atoms with van der Waals surface area (Å²) >= 11 is 1.56. The largest absolute Gasteiger partial charge is 0.383 e. The second-order valence-electron chi connectivity index (χ2n) is 7.73. The predicted molar refractivity (Wildman–Crippen MR) is 131 cm³/mol. The van der Waals surface area contributed by atoms with Gasteiger partial charge in [-0.25, -0.2) is 9.38 Å². The van der Waals surface area contributed by atoms with Crippen molar-refractivity contribution in [2.24, 2.45) is 4.99 Å². The van der Waals surface area contributed by atoms with Crippen molar-refractivity contribution in [1.82, 2.24) is 10.6 Å². The summed E-state index contributed by atoms with van der Waals surface area (Å²) in [7, 11) is 0. The minimum Gasteiger partial charge on any atom is -0.383 e. The van der Waals surface area contributed by atoms with Gasteiger partial charge in [0, 0.05) is 31.7 Å². The maximum absolute atomic E-state index is 13.4. The van der Waals surface area contributed by atoms with E-state index in [0.717, 1.165) is 30.5 Å². The van der Waals surface area contributed by atoms with Crippen molar-refractivity contribution in [2.75, 3.05) is 32.8 Å². The molecule has 1 saturated heterocycles. The topological polar surface area (TPSA) is 65.9 Å². The van der Waals surface area contributed by atoms with E-state index in [9.17, 15) is 9.50 Å². The Morgan fingerprint density at radius 2 is 1.93 bits per heavy atom. The molecule has 0 aliphatic carbocycles. The van der Waals surface area contributed by atoms with Gasteiger partial charge in [-0.2, -0.15) is 11.3 Å². The van der Waals surface area contributed by atoms with Crippen LogP contribution in [-0.2, 0) is 15.8 Å². The summed E-state index contributed by atoms with van der Waals surface area (Å²) in [5.74, 6) is 0.436. The summed E-state index contributed by atoms with van der Waals surface area (Å²) < 4.78 is 19.0. The van der Waals surface area contributed by atoms with Gasteiger partial charge < -0.3 is 20.5 Å². The summed E-state index contributed by atoms with van der Waals surface area (Å²) in [5, 5.41) is 21.4. The van der Waals surface area contributed by atoms with Gasteiger partial charge in [-0.15, -0.1) is 24.0 Å². The van der Waals surface area contributed by atoms with Crippen molar-refractivity contribution in [2.45, 2.75) is 37.7 Å². The Hall–Kier alpha value is -1.23. The maximum Gasteiger partial charge on any atom is 0.191 e. The zero-order chi connectivity index (χ0) is 20.7. The summed E-state index contributed by atoms with van der Waals surface area (Å²) in [4.78, 5) is 4.62. The molecule has 2 aromatic rings. The molecule has 0 saturated carbocycles. The van der Waals surface area contributed by atoms with E-state index in [1.54, 1.807) is 18.3 Å². The van der Waals surface area contributed by atoms with Gasteiger partial charge in [-0.05, 0) is 66.8 Å². The third-order valence-electron chi connectivity index (χ3n) is 5.53. The number of benzene rings is 1. The van der Waals surface area contributed by atoms with E-state index in [-0.39, 0.29) is 41.8 Å². The molecule has 1 aliphatic heterocycles. The van der Waals surface area contributed by atoms with E-state index in [2.05, 4.69) is 15.6 Å². The number of halogens is 2. The van der Waals surface area contributed by atoms with Gasteiger partial charge in [0.25, 0.3) is 0 Å². The molecule has 1 aromatic heterocycles. The minimum absolute atomic E-state index is 0. The van der Waals surface area contributed by atoms with Crippen LogP contribution >= 0.6 is 35.3 Å². The molecule has 2 heterocycles. The van der Waals surface area contributed by atoms with Crippen LogP contribution in [0, 0.1) is 5.82 Å². The molecule has 0 amide bonds. The molecule has 0 radical (unpaired) electrons. The lowest BCUT2D eigenvalue weighted by atomic mass is 9.74. The van der Waals surface area contributed by atoms with Crippen LogP contribution in [0.15, 0.2) is 46.1 Å². The molecular formula is C22H31FIN3O2S. The van der Waals surface area contributed by atoms with E-state index in [1.807, 2.05) is 35.9 Å². The van der Waals surface area contributed by atoms with Gasteiger partial charge >= 0.3 is 0 Å². The van der Waals surface area contributed by atoms with Crippen molar-refractivity contribution < 1.29 is 14.2 Å².